The molecule has 6 nitrogen and oxygen atoms in total. The van der Waals surface area contributed by atoms with Crippen LogP contribution >= 0.6 is 0 Å². The number of ether oxygens (including phenoxy) is 1. The molecule has 1 N–H and O–H groups in total. The van der Waals surface area contributed by atoms with Gasteiger partial charge < -0.3 is 10.1 Å². The molecule has 3 rings (SSSR count). The molecule has 0 bridgehead atoms. The second kappa shape index (κ2) is 11.5. The fourth-order valence-electron chi connectivity index (χ4n) is 3.42. The molecule has 7 heteroatoms. The summed E-state index contributed by atoms with van der Waals surface area (Å²) in [5.41, 5.74) is 2.67. The molecular formula is C26H30N2O4S. The van der Waals surface area contributed by atoms with Crippen LogP contribution in [0.25, 0.3) is 0 Å². The van der Waals surface area contributed by atoms with Crippen molar-refractivity contribution in [2.24, 2.45) is 0 Å². The van der Waals surface area contributed by atoms with E-state index in [2.05, 4.69) is 17.4 Å². The Kier molecular flexibility index (Phi) is 8.49. The maximum Gasteiger partial charge on any atom is 0.258 e. The van der Waals surface area contributed by atoms with Gasteiger partial charge in [-0.15, -0.1) is 0 Å². The molecule has 33 heavy (non-hydrogen) atoms. The number of amides is 1. The van der Waals surface area contributed by atoms with Gasteiger partial charge in [-0.25, -0.2) is 8.42 Å². The lowest BCUT2D eigenvalue weighted by molar-refractivity contribution is -0.123. The number of hydrogen-bond acceptors (Lipinski definition) is 4. The fourth-order valence-corrected chi connectivity index (χ4v) is 4.31. The van der Waals surface area contributed by atoms with Gasteiger partial charge in [0.25, 0.3) is 5.91 Å². The molecule has 0 spiro atoms. The molecule has 0 saturated heterocycles. The molecular weight excluding hydrogens is 436 g/mol. The van der Waals surface area contributed by atoms with Gasteiger partial charge in [0.05, 0.1) is 18.5 Å². The summed E-state index contributed by atoms with van der Waals surface area (Å²) in [5.74, 6) is 0.306. The lowest BCUT2D eigenvalue weighted by Crippen LogP contribution is -2.36. The van der Waals surface area contributed by atoms with Crippen molar-refractivity contribution in [1.82, 2.24) is 5.32 Å². The summed E-state index contributed by atoms with van der Waals surface area (Å²) in [6, 6.07) is 26.3. The molecule has 0 fully saturated rings. The number of nitrogens with one attached hydrogen (secondary N) is 1. The van der Waals surface area contributed by atoms with Crippen molar-refractivity contribution in [3.8, 4) is 5.75 Å². The standard InChI is InChI=1S/C26H30N2O4S/c1-21(13-14-22-9-5-3-6-10-22)27-26(29)20-32-25-17-15-24(16-18-25)28(33(2,30)31)19-23-11-7-4-8-12-23/h3-12,15-18,21H,13-14,19-20H2,1-2H3,(H,27,29). The molecule has 1 amide bonds. The van der Waals surface area contributed by atoms with Crippen molar-refractivity contribution in [2.45, 2.75) is 32.4 Å². The predicted octanol–water partition coefficient (Wildman–Crippen LogP) is 4.17. The van der Waals surface area contributed by atoms with Crippen molar-refractivity contribution in [3.05, 3.63) is 96.1 Å². The molecule has 0 radical (unpaired) electrons. The van der Waals surface area contributed by atoms with E-state index in [-0.39, 0.29) is 25.1 Å². The molecule has 3 aromatic carbocycles. The largest absolute Gasteiger partial charge is 0.484 e. The van der Waals surface area contributed by atoms with Crippen LogP contribution in [0, 0.1) is 0 Å². The zero-order chi connectivity index (χ0) is 23.7. The third kappa shape index (κ3) is 7.95. The number of aryl methyl sites for hydroxylation is 1. The number of rotatable bonds is 11. The Morgan fingerprint density at radius 2 is 1.48 bits per heavy atom. The molecule has 0 aliphatic carbocycles. The molecule has 1 atom stereocenters. The van der Waals surface area contributed by atoms with Gasteiger partial charge in [-0.05, 0) is 55.2 Å². The van der Waals surface area contributed by atoms with Crippen molar-refractivity contribution < 1.29 is 17.9 Å². The van der Waals surface area contributed by atoms with Gasteiger partial charge in [-0.2, -0.15) is 0 Å². The summed E-state index contributed by atoms with van der Waals surface area (Å²) < 4.78 is 31.6. The average Bonchev–Trinajstić information content (AvgIpc) is 2.81. The van der Waals surface area contributed by atoms with Crippen molar-refractivity contribution in [1.29, 1.82) is 0 Å². The molecule has 0 aromatic heterocycles. The lowest BCUT2D eigenvalue weighted by atomic mass is 10.1. The summed E-state index contributed by atoms with van der Waals surface area (Å²) >= 11 is 0. The monoisotopic (exact) mass is 466 g/mol. The summed E-state index contributed by atoms with van der Waals surface area (Å²) in [4.78, 5) is 12.2. The minimum absolute atomic E-state index is 0.0324. The van der Waals surface area contributed by atoms with Gasteiger partial charge in [0, 0.05) is 6.04 Å². The Morgan fingerprint density at radius 3 is 2.06 bits per heavy atom. The van der Waals surface area contributed by atoms with E-state index in [0.717, 1.165) is 18.4 Å². The Labute approximate surface area is 196 Å². The third-order valence-corrected chi connectivity index (χ3v) is 6.32. The van der Waals surface area contributed by atoms with Crippen LogP contribution in [0.4, 0.5) is 5.69 Å². The minimum Gasteiger partial charge on any atom is -0.484 e. The smallest absolute Gasteiger partial charge is 0.258 e. The molecule has 174 valence electrons. The molecule has 3 aromatic rings. The Hall–Kier alpha value is -3.32. The number of nitrogens with zero attached hydrogens (tertiary/aromatic N) is 1. The second-order valence-corrected chi connectivity index (χ2v) is 9.94. The number of anilines is 1. The van der Waals surface area contributed by atoms with Gasteiger partial charge in [0.1, 0.15) is 5.75 Å². The van der Waals surface area contributed by atoms with E-state index in [9.17, 15) is 13.2 Å². The highest BCUT2D eigenvalue weighted by atomic mass is 32.2. The minimum atomic E-state index is -3.47. The topological polar surface area (TPSA) is 75.7 Å². The van der Waals surface area contributed by atoms with E-state index in [1.54, 1.807) is 24.3 Å². The number of benzene rings is 3. The maximum atomic E-state index is 12.3. The van der Waals surface area contributed by atoms with E-state index in [4.69, 9.17) is 4.74 Å². The molecule has 0 aliphatic rings. The Morgan fingerprint density at radius 1 is 0.909 bits per heavy atom. The van der Waals surface area contributed by atoms with Crippen LogP contribution < -0.4 is 14.4 Å². The van der Waals surface area contributed by atoms with Gasteiger partial charge in [-0.1, -0.05) is 60.7 Å². The number of hydrogen-bond donors (Lipinski definition) is 1. The first-order valence-corrected chi connectivity index (χ1v) is 12.7. The van der Waals surface area contributed by atoms with E-state index < -0.39 is 10.0 Å². The SMILES string of the molecule is CC(CCc1ccccc1)NC(=O)COc1ccc(N(Cc2ccccc2)S(C)(=O)=O)cc1. The average molecular weight is 467 g/mol. The second-order valence-electron chi connectivity index (χ2n) is 8.03. The Balaban J connectivity index is 1.51. The number of carbonyl (C=O) groups excluding carboxylic acids is 1. The van der Waals surface area contributed by atoms with Crippen LogP contribution in [-0.2, 0) is 27.8 Å². The molecule has 0 heterocycles. The van der Waals surface area contributed by atoms with Gasteiger partial charge in [0.2, 0.25) is 10.0 Å². The summed E-state index contributed by atoms with van der Waals surface area (Å²) in [6.45, 7) is 2.11. The van der Waals surface area contributed by atoms with Crippen molar-refractivity contribution in [3.63, 3.8) is 0 Å². The van der Waals surface area contributed by atoms with Crippen LogP contribution in [0.3, 0.4) is 0 Å². The van der Waals surface area contributed by atoms with Crippen LogP contribution in [0.1, 0.15) is 24.5 Å². The van der Waals surface area contributed by atoms with E-state index in [1.807, 2.05) is 55.5 Å². The fraction of sp³-hybridized carbons (Fsp3) is 0.269. The Bertz CT molecular complexity index is 1120. The van der Waals surface area contributed by atoms with E-state index in [1.165, 1.54) is 16.1 Å². The first-order valence-electron chi connectivity index (χ1n) is 10.9. The van der Waals surface area contributed by atoms with Crippen molar-refractivity contribution in [2.75, 3.05) is 17.2 Å². The van der Waals surface area contributed by atoms with Crippen LogP contribution in [0.5, 0.6) is 5.75 Å². The highest BCUT2D eigenvalue weighted by Gasteiger charge is 2.18. The number of sulfonamides is 1. The van der Waals surface area contributed by atoms with E-state index >= 15 is 0 Å². The maximum absolute atomic E-state index is 12.3. The molecule has 1 unspecified atom stereocenters. The van der Waals surface area contributed by atoms with E-state index in [0.29, 0.717) is 11.4 Å². The highest BCUT2D eigenvalue weighted by Crippen LogP contribution is 2.23. The molecule has 0 saturated carbocycles. The van der Waals surface area contributed by atoms with Crippen LogP contribution in [0.2, 0.25) is 0 Å². The third-order valence-electron chi connectivity index (χ3n) is 5.18. The van der Waals surface area contributed by atoms with Gasteiger partial charge in [-0.3, -0.25) is 9.10 Å². The quantitative estimate of drug-likeness (QED) is 0.460. The first kappa shape index (κ1) is 24.3. The first-order chi connectivity index (χ1) is 15.8. The zero-order valence-corrected chi connectivity index (χ0v) is 19.8. The zero-order valence-electron chi connectivity index (χ0n) is 19.0. The predicted molar refractivity (Wildman–Crippen MR) is 132 cm³/mol. The van der Waals surface area contributed by atoms with Gasteiger partial charge >= 0.3 is 0 Å². The highest BCUT2D eigenvalue weighted by molar-refractivity contribution is 7.92. The van der Waals surface area contributed by atoms with Crippen molar-refractivity contribution >= 4 is 21.6 Å². The number of carbonyl (C=O) groups is 1. The van der Waals surface area contributed by atoms with Gasteiger partial charge in [0.15, 0.2) is 6.61 Å². The summed E-state index contributed by atoms with van der Waals surface area (Å²) in [6.07, 6.45) is 2.92. The lowest BCUT2D eigenvalue weighted by Gasteiger charge is -2.23. The summed E-state index contributed by atoms with van der Waals surface area (Å²) in [5, 5.41) is 2.95. The summed E-state index contributed by atoms with van der Waals surface area (Å²) in [7, 11) is -3.47. The molecule has 0 aliphatic heterocycles. The normalized spacial score (nSPS) is 12.1. The van der Waals surface area contributed by atoms with Crippen LogP contribution in [-0.4, -0.2) is 33.2 Å². The van der Waals surface area contributed by atoms with Crippen LogP contribution in [0.15, 0.2) is 84.9 Å².